The van der Waals surface area contributed by atoms with Crippen molar-refractivity contribution < 1.29 is 33.4 Å². The van der Waals surface area contributed by atoms with Crippen LogP contribution in [0.2, 0.25) is 5.02 Å². The Morgan fingerprint density at radius 1 is 1.05 bits per heavy atom. The second-order valence-electron chi connectivity index (χ2n) is 11.9. The summed E-state index contributed by atoms with van der Waals surface area (Å²) in [5.41, 5.74) is 0.541. The van der Waals surface area contributed by atoms with Crippen LogP contribution in [0, 0.1) is 11.2 Å². The molecule has 8 nitrogen and oxygen atoms in total. The van der Waals surface area contributed by atoms with Gasteiger partial charge in [0.2, 0.25) is 0 Å². The molecular formula is C33H36ClFN2O6. The first-order valence-corrected chi connectivity index (χ1v) is 14.4. The Balaban J connectivity index is 1.50. The fraction of sp³-hybridized carbons (Fsp3) is 0.364. The number of rotatable bonds is 9. The lowest BCUT2D eigenvalue weighted by Gasteiger charge is -2.31. The molecule has 43 heavy (non-hydrogen) atoms. The van der Waals surface area contributed by atoms with Crippen molar-refractivity contribution in [2.45, 2.75) is 58.3 Å². The van der Waals surface area contributed by atoms with Gasteiger partial charge in [-0.3, -0.25) is 4.79 Å². The third-order valence-corrected chi connectivity index (χ3v) is 7.54. The van der Waals surface area contributed by atoms with Gasteiger partial charge in [-0.15, -0.1) is 0 Å². The van der Waals surface area contributed by atoms with Crippen molar-refractivity contribution in [3.8, 4) is 11.1 Å². The number of aliphatic carboxylic acids is 1. The Kier molecular flexibility index (Phi) is 9.96. The largest absolute Gasteiger partial charge is 0.481 e. The third-order valence-electron chi connectivity index (χ3n) is 7.30. The molecule has 2 N–H and O–H groups in total. The van der Waals surface area contributed by atoms with E-state index in [0.717, 1.165) is 11.1 Å². The third kappa shape index (κ3) is 8.70. The second kappa shape index (κ2) is 13.5. The molecule has 1 aliphatic rings. The predicted molar refractivity (Wildman–Crippen MR) is 161 cm³/mol. The number of ether oxygens (including phenoxy) is 2. The predicted octanol–water partition coefficient (Wildman–Crippen LogP) is 7.09. The molecule has 3 aromatic carbocycles. The lowest BCUT2D eigenvalue weighted by atomic mass is 9.79. The second-order valence-corrected chi connectivity index (χ2v) is 12.3. The monoisotopic (exact) mass is 610 g/mol. The summed E-state index contributed by atoms with van der Waals surface area (Å²) in [5, 5.41) is 13.6. The number of likely N-dealkylation sites (tertiary alicyclic amines) is 1. The molecule has 1 heterocycles. The van der Waals surface area contributed by atoms with Crippen molar-refractivity contribution in [3.05, 3.63) is 94.8 Å². The van der Waals surface area contributed by atoms with Gasteiger partial charge in [-0.1, -0.05) is 66.2 Å². The van der Waals surface area contributed by atoms with Crippen LogP contribution in [-0.4, -0.2) is 52.9 Å². The number of amides is 2. The van der Waals surface area contributed by atoms with Gasteiger partial charge in [-0.25, -0.2) is 14.0 Å². The minimum Gasteiger partial charge on any atom is -0.481 e. The Bertz CT molecular complexity index is 1440. The molecule has 0 radical (unpaired) electrons. The molecule has 0 spiro atoms. The molecule has 10 heteroatoms. The van der Waals surface area contributed by atoms with Gasteiger partial charge in [0, 0.05) is 29.7 Å². The number of carbonyl (C=O) groups excluding carboxylic acids is 2. The van der Waals surface area contributed by atoms with Crippen LogP contribution < -0.4 is 5.32 Å². The van der Waals surface area contributed by atoms with Crippen LogP contribution in [-0.2, 0) is 27.3 Å². The summed E-state index contributed by atoms with van der Waals surface area (Å²) in [5.74, 6) is -1.47. The normalized spacial score (nSPS) is 17.3. The van der Waals surface area contributed by atoms with Crippen LogP contribution in [0.15, 0.2) is 72.8 Å². The molecule has 0 aromatic heterocycles. The molecule has 1 fully saturated rings. The van der Waals surface area contributed by atoms with Crippen molar-refractivity contribution in [3.63, 3.8) is 0 Å². The number of carboxylic acid groups (broad SMARTS) is 1. The highest BCUT2D eigenvalue weighted by molar-refractivity contribution is 6.30. The highest BCUT2D eigenvalue weighted by atomic mass is 35.5. The van der Waals surface area contributed by atoms with E-state index in [-0.39, 0.29) is 39.0 Å². The number of hydrogen-bond donors (Lipinski definition) is 2. The summed E-state index contributed by atoms with van der Waals surface area (Å²) in [6.07, 6.45) is -0.734. The zero-order chi connectivity index (χ0) is 31.2. The van der Waals surface area contributed by atoms with Gasteiger partial charge >= 0.3 is 18.2 Å². The summed E-state index contributed by atoms with van der Waals surface area (Å²) in [4.78, 5) is 39.7. The van der Waals surface area contributed by atoms with Crippen LogP contribution in [0.1, 0.15) is 44.7 Å². The molecule has 2 amide bonds. The quantitative estimate of drug-likeness (QED) is 0.268. The zero-order valence-corrected chi connectivity index (χ0v) is 25.2. The van der Waals surface area contributed by atoms with Crippen LogP contribution in [0.3, 0.4) is 0 Å². The van der Waals surface area contributed by atoms with E-state index in [1.165, 1.54) is 17.0 Å². The number of nitrogens with one attached hydrogen (secondary N) is 1. The summed E-state index contributed by atoms with van der Waals surface area (Å²) < 4.78 is 25.3. The molecule has 1 aliphatic heterocycles. The van der Waals surface area contributed by atoms with Crippen molar-refractivity contribution in [1.82, 2.24) is 10.2 Å². The smallest absolute Gasteiger partial charge is 0.410 e. The Morgan fingerprint density at radius 3 is 2.40 bits per heavy atom. The molecule has 2 atom stereocenters. The van der Waals surface area contributed by atoms with Gasteiger partial charge in [-0.2, -0.15) is 0 Å². The molecule has 228 valence electrons. The van der Waals surface area contributed by atoms with Crippen LogP contribution in [0.5, 0.6) is 0 Å². The average Bonchev–Trinajstić information content (AvgIpc) is 3.38. The van der Waals surface area contributed by atoms with Gasteiger partial charge in [0.25, 0.3) is 0 Å². The summed E-state index contributed by atoms with van der Waals surface area (Å²) in [6, 6.07) is 20.0. The van der Waals surface area contributed by atoms with Crippen molar-refractivity contribution >= 4 is 29.8 Å². The van der Waals surface area contributed by atoms with E-state index >= 15 is 0 Å². The van der Waals surface area contributed by atoms with E-state index in [0.29, 0.717) is 16.1 Å². The van der Waals surface area contributed by atoms with E-state index in [1.807, 2.05) is 30.3 Å². The highest BCUT2D eigenvalue weighted by Crippen LogP contribution is 2.37. The van der Waals surface area contributed by atoms with Gasteiger partial charge in [-0.05, 0) is 74.9 Å². The topological polar surface area (TPSA) is 105 Å². The molecule has 3 aromatic rings. The Hall–Kier alpha value is -4.11. The van der Waals surface area contributed by atoms with Gasteiger partial charge < -0.3 is 24.8 Å². The highest BCUT2D eigenvalue weighted by Gasteiger charge is 2.48. The molecule has 2 unspecified atom stereocenters. The fourth-order valence-electron chi connectivity index (χ4n) is 5.21. The molecular weight excluding hydrogens is 575 g/mol. The lowest BCUT2D eigenvalue weighted by molar-refractivity contribution is -0.149. The van der Waals surface area contributed by atoms with Crippen molar-refractivity contribution in [1.29, 1.82) is 0 Å². The van der Waals surface area contributed by atoms with Crippen LogP contribution >= 0.6 is 11.6 Å². The lowest BCUT2D eigenvalue weighted by Crippen LogP contribution is -2.46. The number of nitrogens with zero attached hydrogens (tertiary/aromatic N) is 1. The minimum atomic E-state index is -1.31. The minimum absolute atomic E-state index is 0.0503. The maximum absolute atomic E-state index is 14.4. The molecule has 0 bridgehead atoms. The molecule has 0 saturated carbocycles. The molecule has 1 saturated heterocycles. The Labute approximate surface area is 255 Å². The van der Waals surface area contributed by atoms with Crippen molar-refractivity contribution in [2.75, 3.05) is 13.1 Å². The van der Waals surface area contributed by atoms with E-state index in [2.05, 4.69) is 5.32 Å². The van der Waals surface area contributed by atoms with Gasteiger partial charge in [0.15, 0.2) is 0 Å². The van der Waals surface area contributed by atoms with E-state index < -0.39 is 41.0 Å². The first-order chi connectivity index (χ1) is 20.3. The number of halogens is 2. The fourth-order valence-corrected chi connectivity index (χ4v) is 5.38. The van der Waals surface area contributed by atoms with Gasteiger partial charge in [0.1, 0.15) is 18.0 Å². The number of benzene rings is 3. The average molecular weight is 611 g/mol. The standard InChI is InChI=1S/C33H36ClFN2O6/c1-32(2,3)43-30(40)36-26(17-22-9-11-24(12-10-22)27-18-25(34)13-14-28(27)35)19-33(29(38)39)15-16-37(21-33)31(41)42-20-23-7-5-4-6-8-23/h4-14,18,26H,15-17,19-21H2,1-3H3,(H,36,40)(H,38,39). The number of carboxylic acids is 1. The summed E-state index contributed by atoms with van der Waals surface area (Å²) >= 11 is 6.06. The first-order valence-electron chi connectivity index (χ1n) is 14.1. The van der Waals surface area contributed by atoms with E-state index in [4.69, 9.17) is 21.1 Å². The zero-order valence-electron chi connectivity index (χ0n) is 24.4. The number of alkyl carbamates (subject to hydrolysis) is 1. The summed E-state index contributed by atoms with van der Waals surface area (Å²) in [7, 11) is 0. The molecule has 4 rings (SSSR count). The Morgan fingerprint density at radius 2 is 1.74 bits per heavy atom. The first kappa shape index (κ1) is 31.8. The SMILES string of the molecule is CC(C)(C)OC(=O)NC(Cc1ccc(-c2cc(Cl)ccc2F)cc1)CC1(C(=O)O)CCN(C(=O)OCc2ccccc2)C1. The molecule has 0 aliphatic carbocycles. The van der Waals surface area contributed by atoms with Crippen molar-refractivity contribution in [2.24, 2.45) is 5.41 Å². The maximum atomic E-state index is 14.4. The van der Waals surface area contributed by atoms with Crippen LogP contribution in [0.4, 0.5) is 14.0 Å². The van der Waals surface area contributed by atoms with Gasteiger partial charge in [0.05, 0.1) is 5.41 Å². The van der Waals surface area contributed by atoms with E-state index in [9.17, 15) is 23.9 Å². The summed E-state index contributed by atoms with van der Waals surface area (Å²) in [6.45, 7) is 5.44. The number of hydrogen-bond acceptors (Lipinski definition) is 5. The maximum Gasteiger partial charge on any atom is 0.410 e. The van der Waals surface area contributed by atoms with E-state index in [1.54, 1.807) is 51.1 Å². The number of carbonyl (C=O) groups is 3. The van der Waals surface area contributed by atoms with Crippen LogP contribution in [0.25, 0.3) is 11.1 Å².